The Labute approximate surface area is 120 Å². The molecule has 9 nitrogen and oxygen atoms in total. The van der Waals surface area contributed by atoms with Crippen LogP contribution < -0.4 is 15.3 Å². The van der Waals surface area contributed by atoms with Crippen LogP contribution in [0.25, 0.3) is 0 Å². The summed E-state index contributed by atoms with van der Waals surface area (Å²) in [7, 11) is 0. The number of rotatable bonds is 0. The summed E-state index contributed by atoms with van der Waals surface area (Å²) in [6.45, 7) is 2.92. The maximum atomic E-state index is 8.89. The monoisotopic (exact) mass is 282 g/mol. The number of carbonyl (C=O) groups excluding carboxylic acids is 3. The van der Waals surface area contributed by atoms with E-state index in [1.165, 1.54) is 0 Å². The molecule has 0 heterocycles. The summed E-state index contributed by atoms with van der Waals surface area (Å²) in [5.41, 5.74) is 0. The van der Waals surface area contributed by atoms with Gasteiger partial charge in [0.2, 0.25) is 0 Å². The maximum Gasteiger partial charge on any atom is 3.00 e. The van der Waals surface area contributed by atoms with Gasteiger partial charge in [-0.25, -0.2) is 0 Å². The van der Waals surface area contributed by atoms with E-state index in [1.807, 2.05) is 0 Å². The molecule has 11 heteroatoms. The van der Waals surface area contributed by atoms with Crippen molar-refractivity contribution in [2.24, 2.45) is 0 Å². The van der Waals surface area contributed by atoms with Crippen LogP contribution in [-0.4, -0.2) is 69.1 Å². The number of hydrogen-bond acceptors (Lipinski definition) is 9. The van der Waals surface area contributed by atoms with Crippen molar-refractivity contribution in [2.45, 2.75) is 20.8 Å². The molecule has 0 saturated heterocycles. The van der Waals surface area contributed by atoms with E-state index >= 15 is 0 Å². The molecule has 0 rings (SSSR count). The zero-order valence-corrected chi connectivity index (χ0v) is 11.8. The van der Waals surface area contributed by atoms with Gasteiger partial charge in [0.25, 0.3) is 0 Å². The van der Waals surface area contributed by atoms with Crippen molar-refractivity contribution in [1.29, 1.82) is 0 Å². The Balaban J connectivity index is -0.0000000104. The van der Waals surface area contributed by atoms with Gasteiger partial charge >= 0.3 is 34.7 Å². The van der Waals surface area contributed by atoms with Gasteiger partial charge in [0.1, 0.15) is 0 Å². The van der Waals surface area contributed by atoms with Crippen LogP contribution in [-0.2, 0) is 14.4 Å². The molecule has 0 aromatic carbocycles. The van der Waals surface area contributed by atoms with Crippen LogP contribution in [0.4, 0.5) is 0 Å². The quantitative estimate of drug-likeness (QED) is 0.388. The number of carboxylic acid groups (broad SMARTS) is 3. The molecule has 0 aliphatic rings. The average Bonchev–Trinajstić information content (AvgIpc) is 1.54. The van der Waals surface area contributed by atoms with Crippen molar-refractivity contribution in [3.8, 4) is 0 Å². The molecule has 0 aliphatic heterocycles. The standard InChI is InChI=1S/3C2H4O2.2Al.3H2O/c3*1-2(3)4;;;;;/h3*1H3,(H,3,4);;;3*1H2/q;;;2*+3;;;/p-6. The molecule has 17 heavy (non-hydrogen) atoms. The van der Waals surface area contributed by atoms with Gasteiger partial charge in [-0.3, -0.25) is 0 Å². The molecule has 0 aromatic rings. The van der Waals surface area contributed by atoms with E-state index in [4.69, 9.17) is 29.7 Å². The molecule has 3 N–H and O–H groups in total. The van der Waals surface area contributed by atoms with E-state index in [-0.39, 0.29) is 51.2 Å². The van der Waals surface area contributed by atoms with Crippen LogP contribution in [0.5, 0.6) is 0 Å². The summed E-state index contributed by atoms with van der Waals surface area (Å²) in [4.78, 5) is 26.7. The average molecular weight is 282 g/mol. The fraction of sp³-hybridized carbons (Fsp3) is 0.500. The number of carbonyl (C=O) groups is 3. The van der Waals surface area contributed by atoms with Gasteiger partial charge < -0.3 is 46.1 Å². The smallest absolute Gasteiger partial charge is 0.870 e. The second-order valence-electron chi connectivity index (χ2n) is 1.47. The summed E-state index contributed by atoms with van der Waals surface area (Å²) in [5.74, 6) is -3.25. The van der Waals surface area contributed by atoms with E-state index in [1.54, 1.807) is 0 Å². The van der Waals surface area contributed by atoms with Crippen LogP contribution in [0.15, 0.2) is 0 Å². The second-order valence-corrected chi connectivity index (χ2v) is 1.47. The fourth-order valence-electron chi connectivity index (χ4n) is 0. The van der Waals surface area contributed by atoms with E-state index in [0.717, 1.165) is 20.8 Å². The van der Waals surface area contributed by atoms with Crippen molar-refractivity contribution >= 4 is 52.6 Å². The van der Waals surface area contributed by atoms with Crippen LogP contribution in [0.2, 0.25) is 0 Å². The van der Waals surface area contributed by atoms with E-state index in [0.29, 0.717) is 0 Å². The van der Waals surface area contributed by atoms with Gasteiger partial charge in [-0.15, -0.1) is 0 Å². The minimum atomic E-state index is -1.08. The molecule has 0 aliphatic carbocycles. The van der Waals surface area contributed by atoms with Gasteiger partial charge in [-0.05, 0) is 20.8 Å². The topological polar surface area (TPSA) is 210 Å². The Morgan fingerprint density at radius 1 is 0.588 bits per heavy atom. The number of carboxylic acids is 3. The first kappa shape index (κ1) is 55.2. The Bertz CT molecular complexity index is 121. The first-order valence-electron chi connectivity index (χ1n) is 2.72. The third kappa shape index (κ3) is 6580. The Morgan fingerprint density at radius 2 is 0.588 bits per heavy atom. The third-order valence-corrected chi connectivity index (χ3v) is 0. The first-order valence-corrected chi connectivity index (χ1v) is 2.72. The van der Waals surface area contributed by atoms with E-state index < -0.39 is 17.9 Å². The molecule has 96 valence electrons. The Kier molecular flexibility index (Phi) is 147. The van der Waals surface area contributed by atoms with Crippen molar-refractivity contribution < 1.29 is 46.1 Å². The molecule has 0 saturated carbocycles. The molecule has 0 atom stereocenters. The molecule has 0 spiro atoms. The van der Waals surface area contributed by atoms with E-state index in [2.05, 4.69) is 0 Å². The minimum absolute atomic E-state index is 0. The van der Waals surface area contributed by atoms with Crippen LogP contribution in [0, 0.1) is 0 Å². The molecule has 0 bridgehead atoms. The molecule has 0 unspecified atom stereocenters. The Hall–Kier alpha value is -0.645. The van der Waals surface area contributed by atoms with Crippen LogP contribution >= 0.6 is 0 Å². The van der Waals surface area contributed by atoms with Crippen LogP contribution in [0.1, 0.15) is 20.8 Å². The summed E-state index contributed by atoms with van der Waals surface area (Å²) in [6, 6.07) is 0. The minimum Gasteiger partial charge on any atom is -0.870 e. The fourth-order valence-corrected chi connectivity index (χ4v) is 0. The summed E-state index contributed by atoms with van der Waals surface area (Å²) in [5, 5.41) is 26.7. The van der Waals surface area contributed by atoms with Gasteiger partial charge in [0.05, 0.1) is 0 Å². The predicted molar refractivity (Wildman–Crippen MR) is 49.4 cm³/mol. The zero-order chi connectivity index (χ0) is 10.7. The SMILES string of the molecule is CC(=O)[O-].CC(=O)[O-].CC(=O)[O-].[Al+3].[Al+3].[OH-].[OH-].[OH-]. The zero-order valence-electron chi connectivity index (χ0n) is 9.45. The number of hydrogen-bond donors (Lipinski definition) is 0. The van der Waals surface area contributed by atoms with Crippen molar-refractivity contribution in [3.63, 3.8) is 0 Å². The van der Waals surface area contributed by atoms with Crippen molar-refractivity contribution in [3.05, 3.63) is 0 Å². The largest absolute Gasteiger partial charge is 3.00 e. The molecule has 0 amide bonds. The number of aliphatic carboxylic acids is 3. The normalized spacial score (nSPS) is 4.41. The maximum absolute atomic E-state index is 8.89. The van der Waals surface area contributed by atoms with Crippen molar-refractivity contribution in [1.82, 2.24) is 0 Å². The molecule has 0 aromatic heterocycles. The van der Waals surface area contributed by atoms with Gasteiger partial charge in [0.15, 0.2) is 0 Å². The summed E-state index contributed by atoms with van der Waals surface area (Å²) >= 11 is 0. The Morgan fingerprint density at radius 3 is 0.588 bits per heavy atom. The molecular weight excluding hydrogens is 270 g/mol. The molecule has 0 fully saturated rings. The summed E-state index contributed by atoms with van der Waals surface area (Å²) in [6.07, 6.45) is 0. The van der Waals surface area contributed by atoms with Crippen LogP contribution in [0.3, 0.4) is 0 Å². The van der Waals surface area contributed by atoms with E-state index in [9.17, 15) is 0 Å². The predicted octanol–water partition coefficient (Wildman–Crippen LogP) is -5.02. The van der Waals surface area contributed by atoms with Crippen molar-refractivity contribution in [2.75, 3.05) is 0 Å². The second kappa shape index (κ2) is 45.3. The van der Waals surface area contributed by atoms with Gasteiger partial charge in [-0.2, -0.15) is 0 Å². The molecular formula is C6H12Al2O9. The van der Waals surface area contributed by atoms with Gasteiger partial charge in [-0.1, -0.05) is 0 Å². The molecule has 0 radical (unpaired) electrons. The third-order valence-electron chi connectivity index (χ3n) is 0. The summed E-state index contributed by atoms with van der Waals surface area (Å²) < 4.78 is 0. The van der Waals surface area contributed by atoms with Gasteiger partial charge in [0, 0.05) is 17.9 Å². The first-order chi connectivity index (χ1) is 5.20.